The van der Waals surface area contributed by atoms with Crippen molar-refractivity contribution in [3.8, 4) is 11.5 Å². The molecule has 0 spiro atoms. The van der Waals surface area contributed by atoms with E-state index in [0.717, 1.165) is 47.5 Å². The number of aryl methyl sites for hydroxylation is 2. The van der Waals surface area contributed by atoms with Crippen LogP contribution in [0.1, 0.15) is 35.8 Å². The largest absolute Gasteiger partial charge is 0.493 e. The lowest BCUT2D eigenvalue weighted by atomic mass is 9.97. The van der Waals surface area contributed by atoms with Crippen LogP contribution in [0.25, 0.3) is 10.2 Å². The monoisotopic (exact) mass is 484 g/mol. The number of nitrogens with one attached hydrogen (secondary N) is 1. The van der Waals surface area contributed by atoms with Crippen LogP contribution in [0.15, 0.2) is 18.2 Å². The second-order valence-corrected chi connectivity index (χ2v) is 9.60. The summed E-state index contributed by atoms with van der Waals surface area (Å²) in [4.78, 5) is 26.3. The van der Waals surface area contributed by atoms with E-state index in [4.69, 9.17) is 24.2 Å². The molecular weight excluding hydrogens is 452 g/mol. The number of thiophene rings is 1. The van der Waals surface area contributed by atoms with Crippen LogP contribution in [-0.4, -0.2) is 49.9 Å². The molecule has 0 saturated carbocycles. The zero-order valence-electron chi connectivity index (χ0n) is 20.4. The fraction of sp³-hybridized carbons (Fsp3) is 0.480. The first-order valence-corrected chi connectivity index (χ1v) is 12.4. The average molecular weight is 485 g/mol. The third-order valence-corrected chi connectivity index (χ3v) is 7.42. The standard InChI is InChI=1S/C25H32N4O4S/c1-6-33-24(30)18-9-11-29(12-10-18)25-27-22(21-15(2)16(3)34-23(21)28-25)26-14-17-7-8-19(31-4)20(13-17)32-5/h7-8,13,18H,6,9-12,14H2,1-5H3,(H,26,27,28). The van der Waals surface area contributed by atoms with Crippen LogP contribution in [0.4, 0.5) is 11.8 Å². The van der Waals surface area contributed by atoms with E-state index in [2.05, 4.69) is 24.1 Å². The van der Waals surface area contributed by atoms with Crippen molar-refractivity contribution in [3.63, 3.8) is 0 Å². The Hall–Kier alpha value is -3.07. The fourth-order valence-electron chi connectivity index (χ4n) is 4.26. The maximum absolute atomic E-state index is 12.1. The minimum Gasteiger partial charge on any atom is -0.493 e. The lowest BCUT2D eigenvalue weighted by Gasteiger charge is -2.31. The molecule has 1 fully saturated rings. The summed E-state index contributed by atoms with van der Waals surface area (Å²) in [6.07, 6.45) is 1.49. The Morgan fingerprint density at radius 2 is 1.88 bits per heavy atom. The number of benzene rings is 1. The van der Waals surface area contributed by atoms with Crippen molar-refractivity contribution >= 4 is 39.3 Å². The number of methoxy groups -OCH3 is 2. The van der Waals surface area contributed by atoms with Gasteiger partial charge in [0.25, 0.3) is 0 Å². The summed E-state index contributed by atoms with van der Waals surface area (Å²) >= 11 is 1.69. The summed E-state index contributed by atoms with van der Waals surface area (Å²) in [7, 11) is 3.27. The van der Waals surface area contributed by atoms with E-state index in [-0.39, 0.29) is 11.9 Å². The Morgan fingerprint density at radius 1 is 1.15 bits per heavy atom. The van der Waals surface area contributed by atoms with Crippen LogP contribution >= 0.6 is 11.3 Å². The smallest absolute Gasteiger partial charge is 0.309 e. The summed E-state index contributed by atoms with van der Waals surface area (Å²) in [6, 6.07) is 5.89. The topological polar surface area (TPSA) is 85.8 Å². The summed E-state index contributed by atoms with van der Waals surface area (Å²) in [5.74, 6) is 2.78. The van der Waals surface area contributed by atoms with Crippen molar-refractivity contribution in [3.05, 3.63) is 34.2 Å². The van der Waals surface area contributed by atoms with E-state index in [0.29, 0.717) is 30.6 Å². The minimum absolute atomic E-state index is 0.0474. The lowest BCUT2D eigenvalue weighted by molar-refractivity contribution is -0.148. The van der Waals surface area contributed by atoms with Crippen molar-refractivity contribution in [1.29, 1.82) is 0 Å². The molecule has 34 heavy (non-hydrogen) atoms. The van der Waals surface area contributed by atoms with Crippen LogP contribution in [0.3, 0.4) is 0 Å². The molecule has 0 unspecified atom stereocenters. The molecule has 0 amide bonds. The van der Waals surface area contributed by atoms with Gasteiger partial charge in [-0.25, -0.2) is 4.98 Å². The van der Waals surface area contributed by atoms with Gasteiger partial charge < -0.3 is 24.4 Å². The minimum atomic E-state index is -0.0969. The molecule has 182 valence electrons. The molecular formula is C25H32N4O4S. The third kappa shape index (κ3) is 4.89. The van der Waals surface area contributed by atoms with Gasteiger partial charge in [-0.2, -0.15) is 4.98 Å². The fourth-order valence-corrected chi connectivity index (χ4v) is 5.28. The molecule has 1 aliphatic rings. The molecule has 0 bridgehead atoms. The number of nitrogens with zero attached hydrogens (tertiary/aromatic N) is 3. The van der Waals surface area contributed by atoms with Crippen molar-refractivity contribution < 1.29 is 19.0 Å². The highest BCUT2D eigenvalue weighted by Gasteiger charge is 2.28. The van der Waals surface area contributed by atoms with Crippen LogP contribution in [0.5, 0.6) is 11.5 Å². The van der Waals surface area contributed by atoms with Gasteiger partial charge in [0, 0.05) is 24.5 Å². The normalized spacial score (nSPS) is 14.3. The van der Waals surface area contributed by atoms with E-state index >= 15 is 0 Å². The molecule has 4 rings (SSSR count). The molecule has 9 heteroatoms. The number of hydrogen-bond acceptors (Lipinski definition) is 9. The first-order valence-electron chi connectivity index (χ1n) is 11.6. The predicted octanol–water partition coefficient (Wildman–Crippen LogP) is 4.72. The molecule has 3 heterocycles. The highest BCUT2D eigenvalue weighted by molar-refractivity contribution is 7.18. The molecule has 1 aliphatic heterocycles. The molecule has 8 nitrogen and oxygen atoms in total. The summed E-state index contributed by atoms with van der Waals surface area (Å²) in [5.41, 5.74) is 2.26. The second-order valence-electron chi connectivity index (χ2n) is 8.39. The van der Waals surface area contributed by atoms with E-state index in [1.165, 1.54) is 10.4 Å². The highest BCUT2D eigenvalue weighted by Crippen LogP contribution is 2.36. The molecule has 3 aromatic rings. The van der Waals surface area contributed by atoms with Crippen LogP contribution in [0, 0.1) is 19.8 Å². The lowest BCUT2D eigenvalue weighted by Crippen LogP contribution is -2.38. The van der Waals surface area contributed by atoms with E-state index in [9.17, 15) is 4.79 Å². The van der Waals surface area contributed by atoms with Gasteiger partial charge in [0.1, 0.15) is 10.6 Å². The van der Waals surface area contributed by atoms with Crippen molar-refractivity contribution in [2.75, 3.05) is 44.1 Å². The molecule has 2 aromatic heterocycles. The van der Waals surface area contributed by atoms with Crippen LogP contribution in [0.2, 0.25) is 0 Å². The Morgan fingerprint density at radius 3 is 2.56 bits per heavy atom. The summed E-state index contributed by atoms with van der Waals surface area (Å²) < 4.78 is 16.0. The predicted molar refractivity (Wildman–Crippen MR) is 135 cm³/mol. The number of rotatable bonds is 8. The molecule has 1 saturated heterocycles. The molecule has 0 aliphatic carbocycles. The molecule has 1 N–H and O–H groups in total. The highest BCUT2D eigenvalue weighted by atomic mass is 32.1. The number of ether oxygens (including phenoxy) is 3. The van der Waals surface area contributed by atoms with Gasteiger partial charge in [-0.05, 0) is 56.9 Å². The first kappa shape index (κ1) is 24.1. The van der Waals surface area contributed by atoms with Gasteiger partial charge >= 0.3 is 5.97 Å². The van der Waals surface area contributed by atoms with Gasteiger partial charge in [-0.3, -0.25) is 4.79 Å². The van der Waals surface area contributed by atoms with Crippen LogP contribution in [-0.2, 0) is 16.1 Å². The van der Waals surface area contributed by atoms with Gasteiger partial charge in [0.05, 0.1) is 32.1 Å². The van der Waals surface area contributed by atoms with Gasteiger partial charge in [-0.1, -0.05) is 6.07 Å². The first-order chi connectivity index (χ1) is 16.4. The maximum atomic E-state index is 12.1. The number of esters is 1. The molecule has 1 aromatic carbocycles. The van der Waals surface area contributed by atoms with Gasteiger partial charge in [0.15, 0.2) is 11.5 Å². The Balaban J connectivity index is 1.58. The number of aromatic nitrogens is 2. The summed E-state index contributed by atoms with van der Waals surface area (Å²) in [5, 5.41) is 4.59. The van der Waals surface area contributed by atoms with E-state index < -0.39 is 0 Å². The average Bonchev–Trinajstić information content (AvgIpc) is 3.15. The Bertz CT molecular complexity index is 1170. The van der Waals surface area contributed by atoms with Gasteiger partial charge in [-0.15, -0.1) is 11.3 Å². The Kier molecular flexibility index (Phi) is 7.41. The maximum Gasteiger partial charge on any atom is 0.309 e. The van der Waals surface area contributed by atoms with Crippen LogP contribution < -0.4 is 19.7 Å². The Labute approximate surface area is 204 Å². The number of anilines is 2. The molecule has 0 atom stereocenters. The summed E-state index contributed by atoms with van der Waals surface area (Å²) in [6.45, 7) is 8.54. The zero-order chi connectivity index (χ0) is 24.2. The van der Waals surface area contributed by atoms with E-state index in [1.54, 1.807) is 25.6 Å². The van der Waals surface area contributed by atoms with Crippen molar-refractivity contribution in [2.24, 2.45) is 5.92 Å². The van der Waals surface area contributed by atoms with E-state index in [1.807, 2.05) is 25.1 Å². The quantitative estimate of drug-likeness (QED) is 0.460. The number of piperidine rings is 1. The SMILES string of the molecule is CCOC(=O)C1CCN(c2nc(NCc3ccc(OC)c(OC)c3)c3c(C)c(C)sc3n2)CC1. The number of hydrogen-bond donors (Lipinski definition) is 1. The number of fused-ring (bicyclic) bond motifs is 1. The second kappa shape index (κ2) is 10.5. The van der Waals surface area contributed by atoms with Gasteiger partial charge in [0.2, 0.25) is 5.95 Å². The van der Waals surface area contributed by atoms with Crippen molar-refractivity contribution in [2.45, 2.75) is 40.2 Å². The van der Waals surface area contributed by atoms with Crippen molar-refractivity contribution in [1.82, 2.24) is 9.97 Å². The zero-order valence-corrected chi connectivity index (χ0v) is 21.3. The molecule has 0 radical (unpaired) electrons. The third-order valence-electron chi connectivity index (χ3n) is 6.32. The number of carbonyl (C=O) groups excluding carboxylic acids is 1. The number of carbonyl (C=O) groups is 1.